The molecule has 2 aromatic rings. The van der Waals surface area contributed by atoms with Gasteiger partial charge in [-0.2, -0.15) is 0 Å². The highest BCUT2D eigenvalue weighted by molar-refractivity contribution is 7.09. The van der Waals surface area contributed by atoms with Gasteiger partial charge in [-0.15, -0.1) is 11.3 Å². The van der Waals surface area contributed by atoms with Crippen molar-refractivity contribution >= 4 is 17.3 Å². The molecule has 0 amide bonds. The third-order valence-corrected chi connectivity index (χ3v) is 3.87. The minimum Gasteiger partial charge on any atom is -0.352 e. The molecular formula is C14H16F2N4S. The van der Waals surface area contributed by atoms with Gasteiger partial charge in [0.25, 0.3) is 0 Å². The maximum absolute atomic E-state index is 13.5. The maximum Gasteiger partial charge on any atom is 0.191 e. The predicted molar refractivity (Wildman–Crippen MR) is 80.2 cm³/mol. The summed E-state index contributed by atoms with van der Waals surface area (Å²) in [7, 11) is 1.62. The van der Waals surface area contributed by atoms with Crippen molar-refractivity contribution in [2.45, 2.75) is 20.0 Å². The number of benzene rings is 1. The van der Waals surface area contributed by atoms with Crippen LogP contribution in [0, 0.1) is 18.6 Å². The molecule has 0 aliphatic carbocycles. The van der Waals surface area contributed by atoms with E-state index in [1.165, 1.54) is 6.07 Å². The zero-order valence-electron chi connectivity index (χ0n) is 11.8. The molecule has 0 aliphatic rings. The average molecular weight is 310 g/mol. The van der Waals surface area contributed by atoms with Crippen LogP contribution in [0.4, 0.5) is 8.78 Å². The Bertz CT molecular complexity index is 640. The topological polar surface area (TPSA) is 49.3 Å². The molecule has 1 heterocycles. The van der Waals surface area contributed by atoms with Crippen molar-refractivity contribution < 1.29 is 8.78 Å². The van der Waals surface area contributed by atoms with Gasteiger partial charge in [0.15, 0.2) is 5.96 Å². The van der Waals surface area contributed by atoms with Crippen molar-refractivity contribution in [2.75, 3.05) is 7.05 Å². The van der Waals surface area contributed by atoms with Gasteiger partial charge in [-0.1, -0.05) is 0 Å². The summed E-state index contributed by atoms with van der Waals surface area (Å²) >= 11 is 1.55. The number of thiazole rings is 1. The molecule has 7 heteroatoms. The van der Waals surface area contributed by atoms with Gasteiger partial charge in [0, 0.05) is 24.0 Å². The van der Waals surface area contributed by atoms with Gasteiger partial charge in [0.1, 0.15) is 11.6 Å². The van der Waals surface area contributed by atoms with Gasteiger partial charge in [-0.05, 0) is 25.1 Å². The first kappa shape index (κ1) is 15.4. The van der Waals surface area contributed by atoms with E-state index in [0.29, 0.717) is 12.5 Å². The van der Waals surface area contributed by atoms with Crippen LogP contribution in [0.3, 0.4) is 0 Å². The molecule has 0 unspecified atom stereocenters. The van der Waals surface area contributed by atoms with Crippen molar-refractivity contribution in [3.05, 3.63) is 51.5 Å². The van der Waals surface area contributed by atoms with Crippen LogP contribution >= 0.6 is 11.3 Å². The Morgan fingerprint density at radius 2 is 2.05 bits per heavy atom. The Hall–Kier alpha value is -2.02. The van der Waals surface area contributed by atoms with Crippen molar-refractivity contribution in [3.8, 4) is 0 Å². The molecule has 0 saturated carbocycles. The number of rotatable bonds is 4. The van der Waals surface area contributed by atoms with Crippen molar-refractivity contribution in [1.29, 1.82) is 0 Å². The lowest BCUT2D eigenvalue weighted by molar-refractivity contribution is 0.581. The van der Waals surface area contributed by atoms with Crippen molar-refractivity contribution in [2.24, 2.45) is 4.99 Å². The minimum absolute atomic E-state index is 0.158. The normalized spacial score (nSPS) is 11.5. The molecule has 2 rings (SSSR count). The molecule has 21 heavy (non-hydrogen) atoms. The van der Waals surface area contributed by atoms with Crippen LogP contribution in [0.5, 0.6) is 0 Å². The lowest BCUT2D eigenvalue weighted by Crippen LogP contribution is -2.36. The van der Waals surface area contributed by atoms with Gasteiger partial charge in [-0.25, -0.2) is 13.8 Å². The van der Waals surface area contributed by atoms with Gasteiger partial charge in [-0.3, -0.25) is 4.99 Å². The quantitative estimate of drug-likeness (QED) is 0.674. The molecule has 2 N–H and O–H groups in total. The van der Waals surface area contributed by atoms with Crippen molar-refractivity contribution in [1.82, 2.24) is 15.6 Å². The zero-order valence-corrected chi connectivity index (χ0v) is 12.6. The molecule has 0 atom stereocenters. The highest BCUT2D eigenvalue weighted by atomic mass is 32.1. The summed E-state index contributed by atoms with van der Waals surface area (Å²) in [4.78, 5) is 9.32. The number of aryl methyl sites for hydroxylation is 1. The molecule has 0 bridgehead atoms. The van der Waals surface area contributed by atoms with Gasteiger partial charge in [0.2, 0.25) is 0 Å². The average Bonchev–Trinajstić information content (AvgIpc) is 2.88. The molecule has 4 nitrogen and oxygen atoms in total. The SMILES string of the molecule is CN=C(NCc1cc(F)ccc1F)NCc1scnc1C. The van der Waals surface area contributed by atoms with E-state index in [0.717, 1.165) is 22.7 Å². The van der Waals surface area contributed by atoms with Gasteiger partial charge in [0.05, 0.1) is 17.7 Å². The number of nitrogens with zero attached hydrogens (tertiary/aromatic N) is 2. The third-order valence-electron chi connectivity index (χ3n) is 2.94. The molecule has 1 aromatic heterocycles. The highest BCUT2D eigenvalue weighted by Gasteiger charge is 2.06. The first-order chi connectivity index (χ1) is 10.1. The van der Waals surface area contributed by atoms with E-state index >= 15 is 0 Å². The Morgan fingerprint density at radius 3 is 2.71 bits per heavy atom. The fraction of sp³-hybridized carbons (Fsp3) is 0.286. The molecule has 0 radical (unpaired) electrons. The molecule has 0 aliphatic heterocycles. The smallest absolute Gasteiger partial charge is 0.191 e. The first-order valence-corrected chi connectivity index (χ1v) is 7.25. The second-order valence-electron chi connectivity index (χ2n) is 4.38. The Kier molecular flexibility index (Phi) is 5.21. The van der Waals surface area contributed by atoms with E-state index in [4.69, 9.17) is 0 Å². The van der Waals surface area contributed by atoms with Crippen LogP contribution in [0.1, 0.15) is 16.1 Å². The number of hydrogen-bond donors (Lipinski definition) is 2. The van der Waals surface area contributed by atoms with E-state index in [2.05, 4.69) is 20.6 Å². The fourth-order valence-electron chi connectivity index (χ4n) is 1.74. The zero-order chi connectivity index (χ0) is 15.2. The van der Waals surface area contributed by atoms with Gasteiger partial charge >= 0.3 is 0 Å². The summed E-state index contributed by atoms with van der Waals surface area (Å²) in [5.41, 5.74) is 3.01. The van der Waals surface area contributed by atoms with Crippen LogP contribution in [0.25, 0.3) is 0 Å². The number of halogens is 2. The number of aliphatic imine (C=N–C) groups is 1. The van der Waals surface area contributed by atoms with Crippen LogP contribution < -0.4 is 10.6 Å². The van der Waals surface area contributed by atoms with E-state index < -0.39 is 11.6 Å². The highest BCUT2D eigenvalue weighted by Crippen LogP contribution is 2.11. The summed E-state index contributed by atoms with van der Waals surface area (Å²) in [5.74, 6) is -0.388. The molecule has 1 aromatic carbocycles. The van der Waals surface area contributed by atoms with Crippen LogP contribution in [-0.4, -0.2) is 18.0 Å². The lowest BCUT2D eigenvalue weighted by Gasteiger charge is -2.12. The number of guanidine groups is 1. The van der Waals surface area contributed by atoms with E-state index in [1.807, 2.05) is 6.92 Å². The number of hydrogen-bond acceptors (Lipinski definition) is 3. The number of nitrogens with one attached hydrogen (secondary N) is 2. The summed E-state index contributed by atoms with van der Waals surface area (Å²) < 4.78 is 26.6. The molecule has 0 saturated heterocycles. The predicted octanol–water partition coefficient (Wildman–Crippen LogP) is 2.59. The first-order valence-electron chi connectivity index (χ1n) is 6.37. The van der Waals surface area contributed by atoms with E-state index in [9.17, 15) is 8.78 Å². The standard InChI is InChI=1S/C14H16F2N4S/c1-9-13(21-8-20-9)7-19-14(17-2)18-6-10-5-11(15)3-4-12(10)16/h3-5,8H,6-7H2,1-2H3,(H2,17,18,19). The summed E-state index contributed by atoms with van der Waals surface area (Å²) in [6.45, 7) is 2.68. The molecule has 0 spiro atoms. The van der Waals surface area contributed by atoms with Gasteiger partial charge < -0.3 is 10.6 Å². The Labute approximate surface area is 125 Å². The van der Waals surface area contributed by atoms with Crippen molar-refractivity contribution in [3.63, 3.8) is 0 Å². The number of aromatic nitrogens is 1. The maximum atomic E-state index is 13.5. The van der Waals surface area contributed by atoms with E-state index in [1.54, 1.807) is 23.9 Å². The monoisotopic (exact) mass is 310 g/mol. The fourth-order valence-corrected chi connectivity index (χ4v) is 2.46. The van der Waals surface area contributed by atoms with E-state index in [-0.39, 0.29) is 12.1 Å². The second-order valence-corrected chi connectivity index (χ2v) is 5.32. The van der Waals surface area contributed by atoms with Crippen LogP contribution in [0.2, 0.25) is 0 Å². The summed E-state index contributed by atoms with van der Waals surface area (Å²) in [6, 6.07) is 3.38. The minimum atomic E-state index is -0.462. The molecule has 0 fully saturated rings. The Morgan fingerprint density at radius 1 is 1.29 bits per heavy atom. The Balaban J connectivity index is 1.91. The second kappa shape index (κ2) is 7.12. The van der Waals surface area contributed by atoms with Crippen LogP contribution in [-0.2, 0) is 13.1 Å². The lowest BCUT2D eigenvalue weighted by atomic mass is 10.2. The third kappa shape index (κ3) is 4.22. The van der Waals surface area contributed by atoms with Crippen LogP contribution in [0.15, 0.2) is 28.7 Å². The summed E-state index contributed by atoms with van der Waals surface area (Å²) in [5, 5.41) is 6.06. The largest absolute Gasteiger partial charge is 0.352 e. The molecular weight excluding hydrogens is 294 g/mol. The molecule has 112 valence electrons. The summed E-state index contributed by atoms with van der Waals surface area (Å²) in [6.07, 6.45) is 0.